The van der Waals surface area contributed by atoms with Crippen LogP contribution in [0.25, 0.3) is 0 Å². The third kappa shape index (κ3) is 2.43. The number of likely N-dealkylation sites (N-methyl/N-ethyl adjacent to an activating group) is 1. The Morgan fingerprint density at radius 2 is 2.44 bits per heavy atom. The Balaban J connectivity index is 3.64. The molecule has 0 aliphatic carbocycles. The smallest absolute Gasteiger partial charge is 0.341 e. The second-order valence-corrected chi connectivity index (χ2v) is 1.69. The highest BCUT2D eigenvalue weighted by Gasteiger charge is 2.13. The van der Waals surface area contributed by atoms with Crippen molar-refractivity contribution in [2.45, 2.75) is 19.4 Å². The van der Waals surface area contributed by atoms with Crippen LogP contribution in [0.15, 0.2) is 0 Å². The van der Waals surface area contributed by atoms with Crippen molar-refractivity contribution < 1.29 is 9.63 Å². The molecule has 0 aromatic heterocycles. The van der Waals surface area contributed by atoms with Gasteiger partial charge in [-0.25, -0.2) is 4.79 Å². The Morgan fingerprint density at radius 3 is 2.56 bits per heavy atom. The molecule has 0 rings (SSSR count). The van der Waals surface area contributed by atoms with Gasteiger partial charge in [0.15, 0.2) is 0 Å². The average molecular weight is 132 g/mol. The molecule has 1 unspecified atom stereocenters. The maximum atomic E-state index is 10.6. The lowest BCUT2D eigenvalue weighted by molar-refractivity contribution is -0.146. The number of hydrogen-bond acceptors (Lipinski definition) is 4. The van der Waals surface area contributed by atoms with E-state index in [1.807, 2.05) is 6.92 Å². The first-order valence-corrected chi connectivity index (χ1v) is 2.84. The van der Waals surface area contributed by atoms with Crippen molar-refractivity contribution in [1.82, 2.24) is 5.32 Å². The third-order valence-corrected chi connectivity index (χ3v) is 1.16. The second kappa shape index (κ2) is 4.29. The quantitative estimate of drug-likeness (QED) is 0.503. The van der Waals surface area contributed by atoms with Crippen LogP contribution >= 0.6 is 0 Å². The first-order valence-electron chi connectivity index (χ1n) is 2.84. The lowest BCUT2D eigenvalue weighted by Gasteiger charge is -2.08. The SMILES string of the molecule is CCC(NC)C(=O)ON. The minimum atomic E-state index is -0.417. The summed E-state index contributed by atoms with van der Waals surface area (Å²) in [6, 6.07) is -0.269. The fourth-order valence-corrected chi connectivity index (χ4v) is 0.571. The summed E-state index contributed by atoms with van der Waals surface area (Å²) >= 11 is 0. The monoisotopic (exact) mass is 132 g/mol. The van der Waals surface area contributed by atoms with Gasteiger partial charge >= 0.3 is 5.97 Å². The molecule has 0 aliphatic heterocycles. The molecule has 3 N–H and O–H groups in total. The predicted molar refractivity (Wildman–Crippen MR) is 33.4 cm³/mol. The number of rotatable bonds is 3. The molecule has 0 bridgehead atoms. The van der Waals surface area contributed by atoms with E-state index >= 15 is 0 Å². The van der Waals surface area contributed by atoms with E-state index in [0.29, 0.717) is 6.42 Å². The van der Waals surface area contributed by atoms with Crippen molar-refractivity contribution in [3.63, 3.8) is 0 Å². The largest absolute Gasteiger partial charge is 0.372 e. The van der Waals surface area contributed by atoms with Crippen molar-refractivity contribution in [1.29, 1.82) is 0 Å². The molecule has 9 heavy (non-hydrogen) atoms. The van der Waals surface area contributed by atoms with Gasteiger partial charge in [0.05, 0.1) is 0 Å². The van der Waals surface area contributed by atoms with Crippen molar-refractivity contribution in [3.8, 4) is 0 Å². The molecular weight excluding hydrogens is 120 g/mol. The maximum absolute atomic E-state index is 10.6. The number of nitrogens with two attached hydrogens (primary N) is 1. The summed E-state index contributed by atoms with van der Waals surface area (Å²) in [6.45, 7) is 1.87. The van der Waals surface area contributed by atoms with Crippen LogP contribution in [0.2, 0.25) is 0 Å². The zero-order valence-electron chi connectivity index (χ0n) is 5.68. The minimum absolute atomic E-state index is 0.269. The summed E-state index contributed by atoms with van der Waals surface area (Å²) in [5, 5.41) is 2.75. The average Bonchev–Trinajstić information content (AvgIpc) is 1.90. The molecule has 0 saturated carbocycles. The van der Waals surface area contributed by atoms with Gasteiger partial charge in [-0.1, -0.05) is 6.92 Å². The van der Waals surface area contributed by atoms with Gasteiger partial charge in [0, 0.05) is 0 Å². The fraction of sp³-hybridized carbons (Fsp3) is 0.800. The van der Waals surface area contributed by atoms with E-state index in [1.54, 1.807) is 7.05 Å². The minimum Gasteiger partial charge on any atom is -0.372 e. The first-order chi connectivity index (χ1) is 4.26. The van der Waals surface area contributed by atoms with Crippen LogP contribution in [0, 0.1) is 0 Å². The van der Waals surface area contributed by atoms with Gasteiger partial charge in [-0.15, -0.1) is 0 Å². The van der Waals surface area contributed by atoms with Crippen LogP contribution in [-0.2, 0) is 9.63 Å². The highest BCUT2D eigenvalue weighted by Crippen LogP contribution is 1.89. The molecule has 0 radical (unpaired) electrons. The Labute approximate surface area is 54.3 Å². The number of nitrogens with one attached hydrogen (secondary N) is 1. The number of carbonyl (C=O) groups excluding carboxylic acids is 1. The van der Waals surface area contributed by atoms with E-state index in [0.717, 1.165) is 0 Å². The van der Waals surface area contributed by atoms with Crippen molar-refractivity contribution >= 4 is 5.97 Å². The molecular formula is C5H12N2O2. The summed E-state index contributed by atoms with van der Waals surface area (Å²) in [5.74, 6) is 4.22. The Morgan fingerprint density at radius 1 is 1.89 bits per heavy atom. The van der Waals surface area contributed by atoms with Gasteiger partial charge in [-0.3, -0.25) is 0 Å². The van der Waals surface area contributed by atoms with E-state index in [9.17, 15) is 4.79 Å². The number of carbonyl (C=O) groups is 1. The van der Waals surface area contributed by atoms with Gasteiger partial charge in [-0.2, -0.15) is 5.90 Å². The predicted octanol–water partition coefficient (Wildman–Crippen LogP) is -0.599. The van der Waals surface area contributed by atoms with Gasteiger partial charge in [0.2, 0.25) is 0 Å². The molecule has 54 valence electrons. The van der Waals surface area contributed by atoms with E-state index in [1.165, 1.54) is 0 Å². The highest BCUT2D eigenvalue weighted by atomic mass is 16.7. The van der Waals surface area contributed by atoms with Crippen molar-refractivity contribution in [2.75, 3.05) is 7.05 Å². The topological polar surface area (TPSA) is 64.3 Å². The van der Waals surface area contributed by atoms with Gasteiger partial charge in [0.25, 0.3) is 0 Å². The summed E-state index contributed by atoms with van der Waals surface area (Å²) < 4.78 is 0. The van der Waals surface area contributed by atoms with E-state index < -0.39 is 5.97 Å². The summed E-state index contributed by atoms with van der Waals surface area (Å²) in [6.07, 6.45) is 0.687. The Bertz CT molecular complexity index is 91.0. The molecule has 0 aliphatic rings. The van der Waals surface area contributed by atoms with E-state index in [4.69, 9.17) is 0 Å². The first kappa shape index (κ1) is 8.39. The van der Waals surface area contributed by atoms with Gasteiger partial charge < -0.3 is 10.2 Å². The summed E-state index contributed by atoms with van der Waals surface area (Å²) in [4.78, 5) is 14.6. The normalized spacial score (nSPS) is 12.8. The fourth-order valence-electron chi connectivity index (χ4n) is 0.571. The molecule has 4 nitrogen and oxygen atoms in total. The molecule has 0 fully saturated rings. The second-order valence-electron chi connectivity index (χ2n) is 1.69. The van der Waals surface area contributed by atoms with Crippen molar-refractivity contribution in [2.24, 2.45) is 5.90 Å². The van der Waals surface area contributed by atoms with Crippen LogP contribution in [0.4, 0.5) is 0 Å². The summed E-state index contributed by atoms with van der Waals surface area (Å²) in [7, 11) is 1.69. The zero-order chi connectivity index (χ0) is 7.28. The molecule has 0 amide bonds. The molecule has 4 heteroatoms. The number of hydrogen-bond donors (Lipinski definition) is 2. The van der Waals surface area contributed by atoms with E-state index in [2.05, 4.69) is 16.1 Å². The maximum Gasteiger partial charge on any atom is 0.341 e. The summed E-state index contributed by atoms with van der Waals surface area (Å²) in [5.41, 5.74) is 0. The van der Waals surface area contributed by atoms with Crippen LogP contribution in [-0.4, -0.2) is 19.1 Å². The third-order valence-electron chi connectivity index (χ3n) is 1.16. The lowest BCUT2D eigenvalue weighted by Crippen LogP contribution is -2.36. The van der Waals surface area contributed by atoms with Gasteiger partial charge in [-0.05, 0) is 13.5 Å². The Hall–Kier alpha value is -0.610. The highest BCUT2D eigenvalue weighted by molar-refractivity contribution is 5.75. The molecule has 1 atom stereocenters. The van der Waals surface area contributed by atoms with Gasteiger partial charge in [0.1, 0.15) is 6.04 Å². The molecule has 0 spiro atoms. The van der Waals surface area contributed by atoms with Crippen LogP contribution < -0.4 is 11.2 Å². The molecule has 0 saturated heterocycles. The molecule has 0 aromatic rings. The van der Waals surface area contributed by atoms with Crippen molar-refractivity contribution in [3.05, 3.63) is 0 Å². The van der Waals surface area contributed by atoms with Crippen LogP contribution in [0.5, 0.6) is 0 Å². The van der Waals surface area contributed by atoms with Crippen LogP contribution in [0.1, 0.15) is 13.3 Å². The molecule has 0 heterocycles. The zero-order valence-corrected chi connectivity index (χ0v) is 5.68. The van der Waals surface area contributed by atoms with Crippen LogP contribution in [0.3, 0.4) is 0 Å². The Kier molecular flexibility index (Phi) is 4.00. The lowest BCUT2D eigenvalue weighted by atomic mass is 10.2. The van der Waals surface area contributed by atoms with E-state index in [-0.39, 0.29) is 6.04 Å². The molecule has 0 aromatic carbocycles. The standard InChI is InChI=1S/C5H12N2O2/c1-3-4(7-2)5(8)9-6/h4,7H,3,6H2,1-2H3.